The Morgan fingerprint density at radius 2 is 0.506 bits per heavy atom. The molecule has 0 amide bonds. The van der Waals surface area contributed by atoms with Crippen molar-refractivity contribution in [1.82, 2.24) is 0 Å². The molecule has 6 nitrogen and oxygen atoms in total. The van der Waals surface area contributed by atoms with Crippen LogP contribution in [0.2, 0.25) is 0 Å². The summed E-state index contributed by atoms with van der Waals surface area (Å²) < 4.78 is 17.0. The molecular weight excluding hydrogens is 949 g/mol. The third kappa shape index (κ3) is 63.3. The topological polar surface area (TPSA) is 78.9 Å². The van der Waals surface area contributed by atoms with Crippen molar-refractivity contribution in [2.24, 2.45) is 0 Å². The van der Waals surface area contributed by atoms with Crippen molar-refractivity contribution >= 4 is 17.9 Å². The molecule has 444 valence electrons. The lowest BCUT2D eigenvalue weighted by atomic mass is 10.0. The lowest BCUT2D eigenvalue weighted by molar-refractivity contribution is -0.167. The van der Waals surface area contributed by atoms with E-state index in [1.807, 2.05) is 0 Å². The maximum atomic E-state index is 12.9. The monoisotopic (exact) mass is 1070 g/mol. The molecule has 0 rings (SSSR count). The van der Waals surface area contributed by atoms with Gasteiger partial charge in [-0.3, -0.25) is 14.4 Å². The molecule has 1 unspecified atom stereocenters. The fraction of sp³-hybridized carbons (Fsp3) is 0.761. The smallest absolute Gasteiger partial charge is 0.306 e. The van der Waals surface area contributed by atoms with E-state index in [-0.39, 0.29) is 31.1 Å². The van der Waals surface area contributed by atoms with Crippen molar-refractivity contribution in [1.29, 1.82) is 0 Å². The molecule has 0 N–H and O–H groups in total. The third-order valence-electron chi connectivity index (χ3n) is 14.4. The molecule has 0 aromatic heterocycles. The second-order valence-corrected chi connectivity index (χ2v) is 22.0. The molecule has 0 heterocycles. The van der Waals surface area contributed by atoms with Gasteiger partial charge in [-0.05, 0) is 96.3 Å². The molecule has 0 spiro atoms. The zero-order valence-electron chi connectivity index (χ0n) is 51.0. The number of unbranched alkanes of at least 4 members (excludes halogenated alkanes) is 35. The largest absolute Gasteiger partial charge is 0.462 e. The predicted molar refractivity (Wildman–Crippen MR) is 334 cm³/mol. The average molecular weight is 1070 g/mol. The highest BCUT2D eigenvalue weighted by atomic mass is 16.6. The maximum absolute atomic E-state index is 12.9. The number of rotatable bonds is 60. The Morgan fingerprint density at radius 1 is 0.273 bits per heavy atom. The summed E-state index contributed by atoms with van der Waals surface area (Å²) >= 11 is 0. The first kappa shape index (κ1) is 73.6. The molecule has 0 aromatic carbocycles. The zero-order valence-corrected chi connectivity index (χ0v) is 51.0. The van der Waals surface area contributed by atoms with Crippen LogP contribution in [0.5, 0.6) is 0 Å². The van der Waals surface area contributed by atoms with Crippen LogP contribution >= 0.6 is 0 Å². The second-order valence-electron chi connectivity index (χ2n) is 22.0. The van der Waals surface area contributed by atoms with Crippen molar-refractivity contribution < 1.29 is 28.6 Å². The van der Waals surface area contributed by atoms with Gasteiger partial charge in [0.1, 0.15) is 13.2 Å². The summed E-state index contributed by atoms with van der Waals surface area (Å²) in [5.74, 6) is -0.877. The zero-order chi connectivity index (χ0) is 55.7. The summed E-state index contributed by atoms with van der Waals surface area (Å²) in [5.41, 5.74) is 0. The lowest BCUT2D eigenvalue weighted by Crippen LogP contribution is -2.30. The van der Waals surface area contributed by atoms with Crippen molar-refractivity contribution in [3.05, 3.63) is 85.1 Å². The molecule has 0 bridgehead atoms. The summed E-state index contributed by atoms with van der Waals surface area (Å²) in [4.78, 5) is 38.4. The molecule has 6 heteroatoms. The van der Waals surface area contributed by atoms with Gasteiger partial charge in [-0.15, -0.1) is 0 Å². The van der Waals surface area contributed by atoms with E-state index in [1.165, 1.54) is 180 Å². The Hall–Kier alpha value is -3.41. The molecule has 1 atom stereocenters. The van der Waals surface area contributed by atoms with E-state index in [2.05, 4.69) is 106 Å². The van der Waals surface area contributed by atoms with Gasteiger partial charge in [0.15, 0.2) is 6.10 Å². The number of carbonyl (C=O) groups is 3. The van der Waals surface area contributed by atoms with E-state index in [4.69, 9.17) is 14.2 Å². The van der Waals surface area contributed by atoms with Crippen LogP contribution in [0.3, 0.4) is 0 Å². The Morgan fingerprint density at radius 3 is 0.818 bits per heavy atom. The normalized spacial score (nSPS) is 12.6. The number of carbonyl (C=O) groups excluding carboxylic acids is 3. The molecule has 77 heavy (non-hydrogen) atoms. The Labute approximate surface area is 477 Å². The summed E-state index contributed by atoms with van der Waals surface area (Å²) in [6, 6.07) is 0. The number of allylic oxidation sites excluding steroid dienone is 14. The number of ether oxygens (including phenoxy) is 3. The van der Waals surface area contributed by atoms with Gasteiger partial charge >= 0.3 is 17.9 Å². The van der Waals surface area contributed by atoms with Crippen LogP contribution in [0.1, 0.15) is 329 Å². The van der Waals surface area contributed by atoms with Gasteiger partial charge in [0.2, 0.25) is 0 Å². The van der Waals surface area contributed by atoms with E-state index < -0.39 is 6.10 Å². The molecule has 0 saturated heterocycles. The first-order valence-electron chi connectivity index (χ1n) is 33.1. The highest BCUT2D eigenvalue weighted by Crippen LogP contribution is 2.17. The first-order valence-corrected chi connectivity index (χ1v) is 33.1. The molecular formula is C71H124O6. The van der Waals surface area contributed by atoms with Crippen LogP contribution < -0.4 is 0 Å². The molecule has 0 aliphatic heterocycles. The van der Waals surface area contributed by atoms with Crippen LogP contribution in [0, 0.1) is 0 Å². The van der Waals surface area contributed by atoms with E-state index in [0.717, 1.165) is 109 Å². The number of hydrogen-bond acceptors (Lipinski definition) is 6. The predicted octanol–water partition coefficient (Wildman–Crippen LogP) is 22.7. The van der Waals surface area contributed by atoms with Crippen molar-refractivity contribution in [3.63, 3.8) is 0 Å². The highest BCUT2D eigenvalue weighted by Gasteiger charge is 2.19. The standard InChI is InChI=1S/C71H124O6/c1-4-7-10-13-16-19-22-25-28-30-32-33-34-35-36-37-39-40-43-46-49-52-55-58-61-64-70(73)76-67-68(66-75-69(72)63-60-57-54-51-48-45-42-27-24-21-18-15-12-9-6-3)77-71(74)65-62-59-56-53-50-47-44-41-38-31-29-26-23-20-17-14-11-8-5-2/h7,10,16-17,19-20,25-26,28-29,32-33,38,41,68H,4-6,8-9,11-15,18,21-24,27,30-31,34-37,39-40,42-67H2,1-3H3/b10-7-,19-16-,20-17-,28-25-,29-26-,33-32-,41-38-. The average Bonchev–Trinajstić information content (AvgIpc) is 3.43. The summed E-state index contributed by atoms with van der Waals surface area (Å²) in [5, 5.41) is 0. The summed E-state index contributed by atoms with van der Waals surface area (Å²) in [6.45, 7) is 6.53. The van der Waals surface area contributed by atoms with Gasteiger partial charge in [0.25, 0.3) is 0 Å². The minimum Gasteiger partial charge on any atom is -0.462 e. The molecule has 0 aliphatic rings. The van der Waals surface area contributed by atoms with Crippen molar-refractivity contribution in [2.75, 3.05) is 13.2 Å². The van der Waals surface area contributed by atoms with Gasteiger partial charge in [0, 0.05) is 19.3 Å². The molecule has 0 radical (unpaired) electrons. The fourth-order valence-corrected chi connectivity index (χ4v) is 9.44. The highest BCUT2D eigenvalue weighted by molar-refractivity contribution is 5.71. The number of hydrogen-bond donors (Lipinski definition) is 0. The molecule has 0 aliphatic carbocycles. The third-order valence-corrected chi connectivity index (χ3v) is 14.4. The van der Waals surface area contributed by atoms with Gasteiger partial charge < -0.3 is 14.2 Å². The number of esters is 3. The van der Waals surface area contributed by atoms with Crippen LogP contribution in [0.4, 0.5) is 0 Å². The Kier molecular flexibility index (Phi) is 62.2. The molecule has 0 aromatic rings. The van der Waals surface area contributed by atoms with E-state index in [9.17, 15) is 14.4 Å². The molecule has 0 saturated carbocycles. The van der Waals surface area contributed by atoms with Crippen LogP contribution in [-0.2, 0) is 28.6 Å². The van der Waals surface area contributed by atoms with E-state index >= 15 is 0 Å². The van der Waals surface area contributed by atoms with Crippen molar-refractivity contribution in [2.45, 2.75) is 335 Å². The Balaban J connectivity index is 4.34. The van der Waals surface area contributed by atoms with Crippen molar-refractivity contribution in [3.8, 4) is 0 Å². The Bertz CT molecular complexity index is 1470. The van der Waals surface area contributed by atoms with Crippen LogP contribution in [0.25, 0.3) is 0 Å². The summed E-state index contributed by atoms with van der Waals surface area (Å²) in [6.07, 6.45) is 85.8. The van der Waals surface area contributed by atoms with Gasteiger partial charge in [0.05, 0.1) is 0 Å². The second kappa shape index (κ2) is 65.1. The van der Waals surface area contributed by atoms with E-state index in [1.54, 1.807) is 0 Å². The summed E-state index contributed by atoms with van der Waals surface area (Å²) in [7, 11) is 0. The fourth-order valence-electron chi connectivity index (χ4n) is 9.44. The quantitative estimate of drug-likeness (QED) is 0.0261. The SMILES string of the molecule is CC/C=C\C/C=C\C/C=C\C/C=C\CCCCCCCCCCCCCCC(=O)OCC(COC(=O)CCCCCCCCCCCCCCCCC)OC(=O)CCCCCCCC/C=C\C/C=C\C/C=C\CCCCC. The van der Waals surface area contributed by atoms with Crippen LogP contribution in [-0.4, -0.2) is 37.2 Å². The minimum absolute atomic E-state index is 0.0788. The van der Waals surface area contributed by atoms with Gasteiger partial charge in [-0.1, -0.05) is 298 Å². The molecule has 0 fully saturated rings. The van der Waals surface area contributed by atoms with Crippen LogP contribution in [0.15, 0.2) is 85.1 Å². The van der Waals surface area contributed by atoms with E-state index in [0.29, 0.717) is 19.3 Å². The minimum atomic E-state index is -0.784. The first-order chi connectivity index (χ1) is 38.0. The van der Waals surface area contributed by atoms with Gasteiger partial charge in [-0.2, -0.15) is 0 Å². The van der Waals surface area contributed by atoms with Gasteiger partial charge in [-0.25, -0.2) is 0 Å². The lowest BCUT2D eigenvalue weighted by Gasteiger charge is -2.18. The maximum Gasteiger partial charge on any atom is 0.306 e.